The van der Waals surface area contributed by atoms with Crippen molar-refractivity contribution >= 4 is 28.2 Å². The van der Waals surface area contributed by atoms with Crippen LogP contribution < -0.4 is 10.6 Å². The largest absolute Gasteiger partial charge is 0.417 e. The molecule has 11 heteroatoms. The molecule has 0 spiro atoms. The normalized spacial score (nSPS) is 17.4. The number of benzene rings is 1. The maximum absolute atomic E-state index is 14.3. The summed E-state index contributed by atoms with van der Waals surface area (Å²) >= 11 is 0.979. The molecule has 1 unspecified atom stereocenters. The predicted octanol–water partition coefficient (Wildman–Crippen LogP) is 4.77. The molecular weight excluding hydrogens is 464 g/mol. The van der Waals surface area contributed by atoms with E-state index in [0.717, 1.165) is 23.5 Å². The quantitative estimate of drug-likeness (QED) is 0.529. The van der Waals surface area contributed by atoms with E-state index in [1.165, 1.54) is 6.92 Å². The second-order valence-electron chi connectivity index (χ2n) is 8.81. The highest BCUT2D eigenvalue weighted by atomic mass is 32.1. The molecule has 1 aliphatic heterocycles. The van der Waals surface area contributed by atoms with Crippen LogP contribution in [0, 0.1) is 5.82 Å². The number of nitrogens with one attached hydrogen (secondary N) is 2. The van der Waals surface area contributed by atoms with Crippen LogP contribution in [-0.2, 0) is 22.1 Å². The molecule has 2 aromatic rings. The summed E-state index contributed by atoms with van der Waals surface area (Å²) < 4.78 is 60.6. The maximum atomic E-state index is 14.3. The van der Waals surface area contributed by atoms with Gasteiger partial charge in [0.2, 0.25) is 0 Å². The zero-order valence-electron chi connectivity index (χ0n) is 18.6. The van der Waals surface area contributed by atoms with Crippen molar-refractivity contribution in [2.75, 3.05) is 11.9 Å². The van der Waals surface area contributed by atoms with Crippen LogP contribution in [0.15, 0.2) is 18.2 Å². The highest BCUT2D eigenvalue weighted by molar-refractivity contribution is 7.17. The van der Waals surface area contributed by atoms with E-state index < -0.39 is 52.2 Å². The molecule has 0 aliphatic carbocycles. The van der Waals surface area contributed by atoms with Gasteiger partial charge in [-0.05, 0) is 46.8 Å². The molecule has 0 saturated carbocycles. The Bertz CT molecular complexity index is 1110. The van der Waals surface area contributed by atoms with Gasteiger partial charge in [-0.2, -0.15) is 13.2 Å². The number of aliphatic hydroxyl groups excluding tert-OH is 1. The molecule has 3 rings (SSSR count). The van der Waals surface area contributed by atoms with Crippen molar-refractivity contribution in [3.63, 3.8) is 0 Å². The summed E-state index contributed by atoms with van der Waals surface area (Å²) in [5, 5.41) is 14.3. The number of alkyl halides is 3. The van der Waals surface area contributed by atoms with Crippen molar-refractivity contribution in [2.45, 2.75) is 58.1 Å². The van der Waals surface area contributed by atoms with Gasteiger partial charge in [0.1, 0.15) is 10.8 Å². The summed E-state index contributed by atoms with van der Waals surface area (Å²) in [5.74, 6) is -3.32. The molecule has 1 aromatic heterocycles. The lowest BCUT2D eigenvalue weighted by atomic mass is 9.93. The highest BCUT2D eigenvalue weighted by Crippen LogP contribution is 2.54. The van der Waals surface area contributed by atoms with Gasteiger partial charge in [-0.25, -0.2) is 4.39 Å². The number of rotatable bonds is 5. The van der Waals surface area contributed by atoms with Crippen LogP contribution >= 0.6 is 11.3 Å². The first-order chi connectivity index (χ1) is 15.1. The van der Waals surface area contributed by atoms with E-state index >= 15 is 0 Å². The van der Waals surface area contributed by atoms with Crippen LogP contribution in [0.25, 0.3) is 0 Å². The molecule has 180 valence electrons. The summed E-state index contributed by atoms with van der Waals surface area (Å²) in [4.78, 5) is 26.5. The molecule has 6 nitrogen and oxygen atoms in total. The fourth-order valence-electron chi connectivity index (χ4n) is 3.96. The Kier molecular flexibility index (Phi) is 6.37. The number of carbonyl (C=O) groups excluding carboxylic acids is 2. The molecular formula is C22H24F4N2O4S. The van der Waals surface area contributed by atoms with Gasteiger partial charge >= 0.3 is 6.18 Å². The number of hydrogen-bond acceptors (Lipinski definition) is 5. The SMILES string of the molecule is CC(O)CNC(=O)c1c(NC(=O)c2c(F)cccc2C(F)(F)F)sc2c1C(C)(C)OC2(C)C. The average Bonchev–Trinajstić information content (AvgIpc) is 3.12. The summed E-state index contributed by atoms with van der Waals surface area (Å²) in [5.41, 5.74) is -3.91. The van der Waals surface area contributed by atoms with Gasteiger partial charge in [0.25, 0.3) is 11.8 Å². The minimum Gasteiger partial charge on any atom is -0.392 e. The van der Waals surface area contributed by atoms with Gasteiger partial charge in [0.15, 0.2) is 0 Å². The van der Waals surface area contributed by atoms with Gasteiger partial charge in [-0.3, -0.25) is 9.59 Å². The van der Waals surface area contributed by atoms with Crippen LogP contribution in [0.4, 0.5) is 22.6 Å². The van der Waals surface area contributed by atoms with E-state index in [1.54, 1.807) is 27.7 Å². The van der Waals surface area contributed by atoms with Gasteiger partial charge < -0.3 is 20.5 Å². The molecule has 0 saturated heterocycles. The molecule has 3 N–H and O–H groups in total. The summed E-state index contributed by atoms with van der Waals surface area (Å²) in [7, 11) is 0. The van der Waals surface area contributed by atoms with E-state index in [9.17, 15) is 32.3 Å². The van der Waals surface area contributed by atoms with Crippen LogP contribution in [0.5, 0.6) is 0 Å². The third kappa shape index (κ3) is 4.75. The predicted molar refractivity (Wildman–Crippen MR) is 115 cm³/mol. The number of amides is 2. The van der Waals surface area contributed by atoms with E-state index in [0.29, 0.717) is 16.5 Å². The number of anilines is 1. The maximum Gasteiger partial charge on any atom is 0.417 e. The number of carbonyl (C=O) groups is 2. The Labute approximate surface area is 191 Å². The summed E-state index contributed by atoms with van der Waals surface area (Å²) in [6, 6.07) is 2.24. The van der Waals surface area contributed by atoms with Crippen molar-refractivity contribution in [1.82, 2.24) is 5.32 Å². The highest BCUT2D eigenvalue weighted by Gasteiger charge is 2.49. The fraction of sp³-hybridized carbons (Fsp3) is 0.455. The lowest BCUT2D eigenvalue weighted by Gasteiger charge is -2.26. The average molecular weight is 489 g/mol. The standard InChI is InChI=1S/C22H24F4N2O4S/c1-10(29)9-27-17(30)14-15-16(21(4,5)32-20(15,2)3)33-19(14)28-18(31)13-11(22(24,25)26)7-6-8-12(13)23/h6-8,10,29H,9H2,1-5H3,(H,27,30)(H,28,31). The van der Waals surface area contributed by atoms with Crippen molar-refractivity contribution in [1.29, 1.82) is 0 Å². The lowest BCUT2D eigenvalue weighted by molar-refractivity contribution is -0.138. The zero-order valence-corrected chi connectivity index (χ0v) is 19.4. The first kappa shape index (κ1) is 25.1. The minimum absolute atomic E-state index is 0.00414. The van der Waals surface area contributed by atoms with Gasteiger partial charge in [0.05, 0.1) is 34.0 Å². The van der Waals surface area contributed by atoms with Gasteiger partial charge in [-0.15, -0.1) is 11.3 Å². The Morgan fingerprint density at radius 2 is 1.76 bits per heavy atom. The molecule has 1 aliphatic rings. The van der Waals surface area contributed by atoms with E-state index in [2.05, 4.69) is 10.6 Å². The van der Waals surface area contributed by atoms with E-state index in [4.69, 9.17) is 4.74 Å². The Hall–Kier alpha value is -2.50. The first-order valence-electron chi connectivity index (χ1n) is 10.1. The smallest absolute Gasteiger partial charge is 0.392 e. The molecule has 1 atom stereocenters. The number of ether oxygens (including phenoxy) is 1. The first-order valence-corrected chi connectivity index (χ1v) is 10.9. The molecule has 0 fully saturated rings. The number of thiophene rings is 1. The topological polar surface area (TPSA) is 87.7 Å². The molecule has 33 heavy (non-hydrogen) atoms. The second-order valence-corrected chi connectivity index (χ2v) is 9.83. The van der Waals surface area contributed by atoms with Crippen LogP contribution in [0.3, 0.4) is 0 Å². The molecule has 1 aromatic carbocycles. The zero-order chi connectivity index (χ0) is 24.9. The minimum atomic E-state index is -4.96. The lowest BCUT2D eigenvalue weighted by Crippen LogP contribution is -2.33. The molecule has 2 heterocycles. The summed E-state index contributed by atoms with van der Waals surface area (Å²) in [6.07, 6.45) is -5.81. The monoisotopic (exact) mass is 488 g/mol. The van der Waals surface area contributed by atoms with Crippen molar-refractivity contribution in [3.8, 4) is 0 Å². The number of hydrogen-bond donors (Lipinski definition) is 3. The third-order valence-electron chi connectivity index (χ3n) is 5.13. The Balaban J connectivity index is 2.12. The van der Waals surface area contributed by atoms with E-state index in [1.807, 2.05) is 0 Å². The molecule has 0 radical (unpaired) electrons. The van der Waals surface area contributed by atoms with Gasteiger partial charge in [0, 0.05) is 17.0 Å². The Morgan fingerprint density at radius 3 is 2.33 bits per heavy atom. The number of fused-ring (bicyclic) bond motifs is 1. The van der Waals surface area contributed by atoms with Crippen molar-refractivity contribution in [2.24, 2.45) is 0 Å². The molecule has 0 bridgehead atoms. The third-order valence-corrected chi connectivity index (χ3v) is 6.54. The fourth-order valence-corrected chi connectivity index (χ4v) is 5.34. The van der Waals surface area contributed by atoms with E-state index in [-0.39, 0.29) is 17.1 Å². The van der Waals surface area contributed by atoms with Crippen LogP contribution in [0.2, 0.25) is 0 Å². The Morgan fingerprint density at radius 1 is 1.12 bits per heavy atom. The van der Waals surface area contributed by atoms with Crippen molar-refractivity contribution < 1.29 is 37.0 Å². The summed E-state index contributed by atoms with van der Waals surface area (Å²) in [6.45, 7) is 8.35. The molecule has 2 amide bonds. The second kappa shape index (κ2) is 8.37. The van der Waals surface area contributed by atoms with Crippen molar-refractivity contribution in [3.05, 3.63) is 51.1 Å². The van der Waals surface area contributed by atoms with Crippen LogP contribution in [-0.4, -0.2) is 29.6 Å². The van der Waals surface area contributed by atoms with Crippen LogP contribution in [0.1, 0.15) is 71.3 Å². The number of aliphatic hydroxyl groups is 1. The van der Waals surface area contributed by atoms with Gasteiger partial charge in [-0.1, -0.05) is 6.07 Å². The number of halogens is 4.